The smallest absolute Gasteiger partial charge is 0.262 e. The predicted molar refractivity (Wildman–Crippen MR) is 103 cm³/mol. The molecular formula is C16H14Cl2N4O2S. The van der Waals surface area contributed by atoms with Crippen LogP contribution in [0.15, 0.2) is 30.3 Å². The highest BCUT2D eigenvalue weighted by molar-refractivity contribution is 7.22. The molecule has 6 nitrogen and oxygen atoms in total. The Morgan fingerprint density at radius 3 is 2.84 bits per heavy atom. The highest BCUT2D eigenvalue weighted by atomic mass is 35.5. The number of carbonyl (C=O) groups excluding carboxylic acids is 1. The number of nitrogen functional groups attached to an aromatic ring is 1. The molecule has 130 valence electrons. The Bertz CT molecular complexity index is 945. The standard InChI is InChI=1S/C16H14Cl2N4O2S/c1-8-4-9(17)2-3-12(8)24-7-14(23)20-10-5-11(18)15-13(6-10)25-16(21-15)22-19/h2-6H,7,19H2,1H3,(H,20,23)(H,21,22). The summed E-state index contributed by atoms with van der Waals surface area (Å²) in [5, 5.41) is 4.35. The summed E-state index contributed by atoms with van der Waals surface area (Å²) in [5.74, 6) is 5.67. The van der Waals surface area contributed by atoms with Crippen LogP contribution >= 0.6 is 34.5 Å². The van der Waals surface area contributed by atoms with Crippen LogP contribution in [-0.2, 0) is 4.79 Å². The van der Waals surface area contributed by atoms with Crippen molar-refractivity contribution < 1.29 is 9.53 Å². The molecule has 0 saturated heterocycles. The van der Waals surface area contributed by atoms with E-state index in [1.807, 2.05) is 6.92 Å². The lowest BCUT2D eigenvalue weighted by Gasteiger charge is -2.10. The van der Waals surface area contributed by atoms with Crippen molar-refractivity contribution in [2.75, 3.05) is 17.3 Å². The third-order valence-electron chi connectivity index (χ3n) is 3.35. The Kier molecular flexibility index (Phi) is 5.29. The molecule has 0 spiro atoms. The van der Waals surface area contributed by atoms with E-state index in [-0.39, 0.29) is 12.5 Å². The summed E-state index contributed by atoms with van der Waals surface area (Å²) in [7, 11) is 0. The van der Waals surface area contributed by atoms with E-state index in [2.05, 4.69) is 15.7 Å². The van der Waals surface area contributed by atoms with E-state index in [9.17, 15) is 4.79 Å². The monoisotopic (exact) mass is 396 g/mol. The molecule has 1 heterocycles. The van der Waals surface area contributed by atoms with E-state index in [0.29, 0.717) is 32.1 Å². The number of aromatic nitrogens is 1. The maximum absolute atomic E-state index is 12.1. The molecule has 0 radical (unpaired) electrons. The molecule has 2 aromatic carbocycles. The number of fused-ring (bicyclic) bond motifs is 1. The second kappa shape index (κ2) is 7.45. The molecule has 0 aliphatic rings. The summed E-state index contributed by atoms with van der Waals surface area (Å²) in [5.41, 5.74) is 4.53. The van der Waals surface area contributed by atoms with E-state index in [4.69, 9.17) is 33.8 Å². The number of amides is 1. The zero-order valence-corrected chi connectivity index (χ0v) is 15.4. The van der Waals surface area contributed by atoms with Crippen LogP contribution in [-0.4, -0.2) is 17.5 Å². The lowest BCUT2D eigenvalue weighted by molar-refractivity contribution is -0.118. The van der Waals surface area contributed by atoms with Gasteiger partial charge in [-0.3, -0.25) is 10.2 Å². The number of hydrogen-bond donors (Lipinski definition) is 3. The molecule has 4 N–H and O–H groups in total. The number of halogens is 2. The Hall–Kier alpha value is -2.06. The molecule has 0 fully saturated rings. The van der Waals surface area contributed by atoms with Crippen molar-refractivity contribution in [2.45, 2.75) is 6.92 Å². The average Bonchev–Trinajstić information content (AvgIpc) is 2.98. The fraction of sp³-hybridized carbons (Fsp3) is 0.125. The number of nitrogens with zero attached hydrogens (tertiary/aromatic N) is 1. The molecule has 0 aliphatic heterocycles. The van der Waals surface area contributed by atoms with Crippen molar-refractivity contribution in [3.63, 3.8) is 0 Å². The highest BCUT2D eigenvalue weighted by Gasteiger charge is 2.11. The van der Waals surface area contributed by atoms with Gasteiger partial charge in [-0.15, -0.1) is 0 Å². The topological polar surface area (TPSA) is 89.3 Å². The van der Waals surface area contributed by atoms with Crippen molar-refractivity contribution in [2.24, 2.45) is 5.84 Å². The minimum absolute atomic E-state index is 0.129. The van der Waals surface area contributed by atoms with Crippen LogP contribution in [0.3, 0.4) is 0 Å². The van der Waals surface area contributed by atoms with E-state index in [1.165, 1.54) is 11.3 Å². The van der Waals surface area contributed by atoms with Gasteiger partial charge in [0.05, 0.1) is 9.72 Å². The van der Waals surface area contributed by atoms with Crippen LogP contribution < -0.4 is 21.3 Å². The Morgan fingerprint density at radius 1 is 1.32 bits per heavy atom. The molecule has 3 aromatic rings. The first-order valence-corrected chi connectivity index (χ1v) is 8.79. The Morgan fingerprint density at radius 2 is 2.12 bits per heavy atom. The molecule has 1 aromatic heterocycles. The van der Waals surface area contributed by atoms with Gasteiger partial charge in [-0.2, -0.15) is 0 Å². The van der Waals surface area contributed by atoms with Crippen LogP contribution in [0, 0.1) is 6.92 Å². The fourth-order valence-electron chi connectivity index (χ4n) is 2.24. The SMILES string of the molecule is Cc1cc(Cl)ccc1OCC(=O)Nc1cc(Cl)c2nc(NN)sc2c1. The maximum Gasteiger partial charge on any atom is 0.262 e. The maximum atomic E-state index is 12.1. The predicted octanol–water partition coefficient (Wildman–Crippen LogP) is 4.21. The second-order valence-electron chi connectivity index (χ2n) is 5.21. The van der Waals surface area contributed by atoms with Crippen LogP contribution in [0.1, 0.15) is 5.56 Å². The minimum atomic E-state index is -0.300. The van der Waals surface area contributed by atoms with Gasteiger partial charge in [0.25, 0.3) is 5.91 Å². The molecular weight excluding hydrogens is 383 g/mol. The Balaban J connectivity index is 1.69. The van der Waals surface area contributed by atoms with E-state index in [0.717, 1.165) is 10.3 Å². The molecule has 0 bridgehead atoms. The summed E-state index contributed by atoms with van der Waals surface area (Å²) in [4.78, 5) is 16.4. The van der Waals surface area contributed by atoms with Gasteiger partial charge in [-0.1, -0.05) is 34.5 Å². The van der Waals surface area contributed by atoms with Gasteiger partial charge in [0.1, 0.15) is 11.3 Å². The van der Waals surface area contributed by atoms with Crippen LogP contribution in [0.25, 0.3) is 10.2 Å². The lowest BCUT2D eigenvalue weighted by Crippen LogP contribution is -2.20. The number of thiazole rings is 1. The van der Waals surface area contributed by atoms with Crippen LogP contribution in [0.4, 0.5) is 10.8 Å². The third-order valence-corrected chi connectivity index (χ3v) is 4.81. The summed E-state index contributed by atoms with van der Waals surface area (Å²) in [6, 6.07) is 8.63. The largest absolute Gasteiger partial charge is 0.483 e. The van der Waals surface area contributed by atoms with E-state index < -0.39 is 0 Å². The van der Waals surface area contributed by atoms with Gasteiger partial charge >= 0.3 is 0 Å². The summed E-state index contributed by atoms with van der Waals surface area (Å²) in [6.45, 7) is 1.73. The highest BCUT2D eigenvalue weighted by Crippen LogP contribution is 2.33. The summed E-state index contributed by atoms with van der Waals surface area (Å²) in [6.07, 6.45) is 0. The van der Waals surface area contributed by atoms with Gasteiger partial charge in [0, 0.05) is 10.7 Å². The van der Waals surface area contributed by atoms with Gasteiger partial charge in [0.15, 0.2) is 11.7 Å². The first-order chi connectivity index (χ1) is 12.0. The lowest BCUT2D eigenvalue weighted by atomic mass is 10.2. The number of rotatable bonds is 5. The number of anilines is 2. The minimum Gasteiger partial charge on any atom is -0.483 e. The van der Waals surface area contributed by atoms with Crippen molar-refractivity contribution in [1.82, 2.24) is 4.98 Å². The number of carbonyl (C=O) groups is 1. The fourth-order valence-corrected chi connectivity index (χ4v) is 3.62. The van der Waals surface area contributed by atoms with Crippen molar-refractivity contribution in [3.8, 4) is 5.75 Å². The second-order valence-corrected chi connectivity index (χ2v) is 7.09. The van der Waals surface area contributed by atoms with Crippen molar-refractivity contribution >= 4 is 61.5 Å². The van der Waals surface area contributed by atoms with Gasteiger partial charge in [0.2, 0.25) is 0 Å². The number of ether oxygens (including phenoxy) is 1. The first-order valence-electron chi connectivity index (χ1n) is 7.22. The van der Waals surface area contributed by atoms with Crippen molar-refractivity contribution in [1.29, 1.82) is 0 Å². The molecule has 0 aliphatic carbocycles. The molecule has 3 rings (SSSR count). The number of nitrogens with two attached hydrogens (primary N) is 1. The van der Waals surface area contributed by atoms with E-state index in [1.54, 1.807) is 30.3 Å². The van der Waals surface area contributed by atoms with Gasteiger partial charge in [-0.05, 0) is 42.8 Å². The molecule has 1 amide bonds. The molecule has 9 heteroatoms. The van der Waals surface area contributed by atoms with Gasteiger partial charge in [-0.25, -0.2) is 10.8 Å². The quantitative estimate of drug-likeness (QED) is 0.443. The molecule has 0 unspecified atom stereocenters. The average molecular weight is 397 g/mol. The van der Waals surface area contributed by atoms with Gasteiger partial charge < -0.3 is 10.1 Å². The third kappa shape index (κ3) is 4.13. The summed E-state index contributed by atoms with van der Waals surface area (Å²) < 4.78 is 6.34. The number of aryl methyl sites for hydroxylation is 1. The van der Waals surface area contributed by atoms with Crippen LogP contribution in [0.2, 0.25) is 10.0 Å². The number of hydrazine groups is 1. The number of hydrogen-bond acceptors (Lipinski definition) is 6. The van der Waals surface area contributed by atoms with E-state index >= 15 is 0 Å². The number of benzene rings is 2. The Labute approximate surface area is 157 Å². The zero-order valence-electron chi connectivity index (χ0n) is 13.1. The normalized spacial score (nSPS) is 10.7. The molecule has 0 atom stereocenters. The molecule has 0 saturated carbocycles. The number of nitrogens with one attached hydrogen (secondary N) is 2. The summed E-state index contributed by atoms with van der Waals surface area (Å²) >= 11 is 13.4. The zero-order chi connectivity index (χ0) is 18.0. The van der Waals surface area contributed by atoms with Crippen molar-refractivity contribution in [3.05, 3.63) is 45.9 Å². The molecule has 25 heavy (non-hydrogen) atoms. The van der Waals surface area contributed by atoms with Crippen LogP contribution in [0.5, 0.6) is 5.75 Å². The first kappa shape index (κ1) is 17.8.